The lowest BCUT2D eigenvalue weighted by Crippen LogP contribution is -2.48. The van der Waals surface area contributed by atoms with E-state index in [1.165, 1.54) is 33.5 Å². The molecule has 0 unspecified atom stereocenters. The van der Waals surface area contributed by atoms with Gasteiger partial charge in [0.2, 0.25) is 31.9 Å². The van der Waals surface area contributed by atoms with Crippen LogP contribution in [0.3, 0.4) is 0 Å². The first-order valence-electron chi connectivity index (χ1n) is 17.4. The van der Waals surface area contributed by atoms with Gasteiger partial charge in [-0.25, -0.2) is 26.8 Å². The van der Waals surface area contributed by atoms with E-state index in [-0.39, 0.29) is 11.1 Å². The summed E-state index contributed by atoms with van der Waals surface area (Å²) in [6.07, 6.45) is 5.22. The fraction of sp³-hybridized carbons (Fsp3) is 0.353. The highest BCUT2D eigenvalue weighted by Gasteiger charge is 2.25. The van der Waals surface area contributed by atoms with Crippen LogP contribution >= 0.6 is 0 Å². The second-order valence-corrected chi connectivity index (χ2v) is 16.7. The quantitative estimate of drug-likeness (QED) is 0.116. The SMILES string of the molecule is CNc1nc(Nc2ccc(N3CCN(S(C)(=O)=O)CC3)cc2)ncc1C(N)=O.CNc1nc(Nc2ccc(N3CCN(S(C)(=O)=O)CC3)cc2)ncc1C(N)=O. The number of anilines is 8. The highest BCUT2D eigenvalue weighted by Crippen LogP contribution is 2.24. The molecule has 2 aliphatic heterocycles. The minimum absolute atomic E-state index is 0.219. The predicted octanol–water partition coefficient (Wildman–Crippen LogP) is 0.885. The van der Waals surface area contributed by atoms with Crippen molar-refractivity contribution < 1.29 is 26.4 Å². The van der Waals surface area contributed by atoms with Crippen molar-refractivity contribution in [3.63, 3.8) is 0 Å². The van der Waals surface area contributed by atoms with E-state index in [2.05, 4.69) is 51.0 Å². The molecule has 0 atom stereocenters. The van der Waals surface area contributed by atoms with Crippen molar-refractivity contribution in [3.05, 3.63) is 72.1 Å². The molecular weight excluding hydrogens is 765 g/mol. The molecule has 4 aromatic rings. The molecule has 8 N–H and O–H groups in total. The van der Waals surface area contributed by atoms with Crippen LogP contribution in [-0.2, 0) is 20.0 Å². The number of benzene rings is 2. The molecule has 2 aromatic carbocycles. The summed E-state index contributed by atoms with van der Waals surface area (Å²) in [7, 11) is -2.98. The van der Waals surface area contributed by atoms with Crippen LogP contribution in [0.5, 0.6) is 0 Å². The fourth-order valence-electron chi connectivity index (χ4n) is 5.95. The van der Waals surface area contributed by atoms with E-state index < -0.39 is 31.9 Å². The third-order valence-electron chi connectivity index (χ3n) is 8.97. The van der Waals surface area contributed by atoms with Crippen LogP contribution in [0.2, 0.25) is 0 Å². The Labute approximate surface area is 325 Å². The Balaban J connectivity index is 0.000000214. The monoisotopic (exact) mass is 810 g/mol. The van der Waals surface area contributed by atoms with Crippen molar-refractivity contribution in [2.24, 2.45) is 11.5 Å². The third-order valence-corrected chi connectivity index (χ3v) is 11.6. The van der Waals surface area contributed by atoms with Gasteiger partial charge in [-0.05, 0) is 48.5 Å². The van der Waals surface area contributed by atoms with E-state index in [0.717, 1.165) is 22.7 Å². The summed E-state index contributed by atoms with van der Waals surface area (Å²) >= 11 is 0. The first kappa shape index (κ1) is 41.3. The molecule has 2 fully saturated rings. The molecule has 20 nitrogen and oxygen atoms in total. The Morgan fingerprint density at radius 3 is 1.16 bits per heavy atom. The van der Waals surface area contributed by atoms with Gasteiger partial charge in [0, 0.05) is 102 Å². The summed E-state index contributed by atoms with van der Waals surface area (Å²) < 4.78 is 49.4. The Morgan fingerprint density at radius 1 is 0.571 bits per heavy atom. The van der Waals surface area contributed by atoms with Crippen LogP contribution in [0.25, 0.3) is 0 Å². The van der Waals surface area contributed by atoms with Crippen molar-refractivity contribution in [3.8, 4) is 0 Å². The van der Waals surface area contributed by atoms with Crippen LogP contribution in [0, 0.1) is 0 Å². The van der Waals surface area contributed by atoms with Crippen LogP contribution in [-0.4, -0.2) is 136 Å². The van der Waals surface area contributed by atoms with Crippen molar-refractivity contribution in [1.82, 2.24) is 28.5 Å². The van der Waals surface area contributed by atoms with Crippen molar-refractivity contribution in [2.45, 2.75) is 0 Å². The van der Waals surface area contributed by atoms with Crippen LogP contribution in [0.1, 0.15) is 20.7 Å². The maximum Gasteiger partial charge on any atom is 0.254 e. The van der Waals surface area contributed by atoms with Gasteiger partial charge < -0.3 is 42.5 Å². The van der Waals surface area contributed by atoms with E-state index in [9.17, 15) is 26.4 Å². The lowest BCUT2D eigenvalue weighted by molar-refractivity contribution is 0.0992. The van der Waals surface area contributed by atoms with Crippen LogP contribution < -0.4 is 42.5 Å². The van der Waals surface area contributed by atoms with Gasteiger partial charge in [-0.1, -0.05) is 0 Å². The third kappa shape index (κ3) is 10.7. The number of carbonyl (C=O) groups is 2. The van der Waals surface area contributed by atoms with Crippen LogP contribution in [0.15, 0.2) is 60.9 Å². The number of primary amides is 2. The first-order chi connectivity index (χ1) is 26.5. The summed E-state index contributed by atoms with van der Waals surface area (Å²) in [4.78, 5) is 43.7. The number of nitrogens with zero attached hydrogens (tertiary/aromatic N) is 8. The number of nitrogens with one attached hydrogen (secondary N) is 4. The number of nitrogens with two attached hydrogens (primary N) is 2. The van der Waals surface area contributed by atoms with Gasteiger partial charge in [-0.15, -0.1) is 0 Å². The van der Waals surface area contributed by atoms with E-state index in [1.807, 2.05) is 48.5 Å². The molecule has 0 radical (unpaired) electrons. The van der Waals surface area contributed by atoms with E-state index in [4.69, 9.17) is 11.5 Å². The number of amides is 2. The summed E-state index contributed by atoms with van der Waals surface area (Å²) in [5, 5.41) is 11.8. The Bertz CT molecular complexity index is 2070. The Morgan fingerprint density at radius 2 is 0.893 bits per heavy atom. The highest BCUT2D eigenvalue weighted by atomic mass is 32.2. The number of hydrogen-bond donors (Lipinski definition) is 6. The van der Waals surface area contributed by atoms with Crippen LogP contribution in [0.4, 0.5) is 46.3 Å². The van der Waals surface area contributed by atoms with Gasteiger partial charge in [-0.3, -0.25) is 9.59 Å². The zero-order valence-corrected chi connectivity index (χ0v) is 33.1. The molecular formula is C34H46N14O6S2. The van der Waals surface area contributed by atoms with E-state index >= 15 is 0 Å². The van der Waals surface area contributed by atoms with Gasteiger partial charge >= 0.3 is 0 Å². The molecule has 0 aliphatic carbocycles. The molecule has 22 heteroatoms. The largest absolute Gasteiger partial charge is 0.372 e. The number of carbonyl (C=O) groups excluding carboxylic acids is 2. The number of rotatable bonds is 12. The molecule has 56 heavy (non-hydrogen) atoms. The maximum atomic E-state index is 11.6. The molecule has 0 saturated carbocycles. The maximum absolute atomic E-state index is 11.6. The molecule has 300 valence electrons. The number of piperazine rings is 2. The standard InChI is InChI=1S/2C17H23N7O3S/c2*1-19-16-14(15(18)25)11-20-17(22-16)21-12-3-5-13(6-4-12)23-7-9-24(10-8-23)28(2,26)27/h2*3-6,11H,7-10H2,1-2H3,(H2,18,25)(H2,19,20,21,22). The normalized spacial score (nSPS) is 15.3. The molecule has 2 aromatic heterocycles. The molecule has 2 aliphatic rings. The molecule has 0 spiro atoms. The van der Waals surface area contributed by atoms with Crippen molar-refractivity contribution in [1.29, 1.82) is 0 Å². The van der Waals surface area contributed by atoms with Gasteiger partial charge in [0.05, 0.1) is 23.6 Å². The minimum Gasteiger partial charge on any atom is -0.372 e. The summed E-state index contributed by atoms with van der Waals surface area (Å²) in [5.41, 5.74) is 14.6. The zero-order chi connectivity index (χ0) is 40.6. The fourth-order valence-corrected chi connectivity index (χ4v) is 7.60. The minimum atomic E-state index is -3.14. The second-order valence-electron chi connectivity index (χ2n) is 12.8. The lowest BCUT2D eigenvalue weighted by atomic mass is 10.2. The molecule has 4 heterocycles. The molecule has 6 rings (SSSR count). The molecule has 0 bridgehead atoms. The topological polar surface area (TPSA) is 267 Å². The van der Waals surface area contributed by atoms with Crippen molar-refractivity contribution >= 4 is 78.1 Å². The smallest absolute Gasteiger partial charge is 0.254 e. The molecule has 2 saturated heterocycles. The summed E-state index contributed by atoms with van der Waals surface area (Å²) in [6.45, 7) is 4.48. The van der Waals surface area contributed by atoms with E-state index in [1.54, 1.807) is 14.1 Å². The Hall–Kier alpha value is -5.84. The average molecular weight is 811 g/mol. The predicted molar refractivity (Wildman–Crippen MR) is 217 cm³/mol. The van der Waals surface area contributed by atoms with Gasteiger partial charge in [0.1, 0.15) is 11.6 Å². The van der Waals surface area contributed by atoms with Gasteiger partial charge in [0.25, 0.3) is 11.8 Å². The zero-order valence-electron chi connectivity index (χ0n) is 31.4. The lowest BCUT2D eigenvalue weighted by Gasteiger charge is -2.34. The average Bonchev–Trinajstić information content (AvgIpc) is 3.18. The van der Waals surface area contributed by atoms with Gasteiger partial charge in [0.15, 0.2) is 0 Å². The molecule has 2 amide bonds. The Kier molecular flexibility index (Phi) is 13.1. The second kappa shape index (κ2) is 17.7. The summed E-state index contributed by atoms with van der Waals surface area (Å²) in [5.74, 6) is 0.177. The van der Waals surface area contributed by atoms with Gasteiger partial charge in [-0.2, -0.15) is 18.6 Å². The first-order valence-corrected chi connectivity index (χ1v) is 21.1. The number of aromatic nitrogens is 4. The number of hydrogen-bond acceptors (Lipinski definition) is 16. The number of sulfonamides is 2. The van der Waals surface area contributed by atoms with E-state index in [0.29, 0.717) is 75.9 Å². The summed E-state index contributed by atoms with van der Waals surface area (Å²) in [6, 6.07) is 15.4. The highest BCUT2D eigenvalue weighted by molar-refractivity contribution is 7.88. The van der Waals surface area contributed by atoms with Crippen molar-refractivity contribution in [2.75, 3.05) is 110 Å².